The summed E-state index contributed by atoms with van der Waals surface area (Å²) in [6.45, 7) is 1.56. The van der Waals surface area contributed by atoms with Crippen molar-refractivity contribution in [3.63, 3.8) is 0 Å². The summed E-state index contributed by atoms with van der Waals surface area (Å²) in [6, 6.07) is 4.96. The smallest absolute Gasteiger partial charge is 0.275 e. The molecule has 1 aliphatic heterocycles. The molecule has 2 heterocycles. The molecule has 1 aromatic carbocycles. The van der Waals surface area contributed by atoms with Crippen LogP contribution in [0, 0.1) is 0 Å². The van der Waals surface area contributed by atoms with Crippen LogP contribution >= 0.6 is 22.9 Å². The van der Waals surface area contributed by atoms with Crippen molar-refractivity contribution in [1.29, 1.82) is 0 Å². The van der Waals surface area contributed by atoms with Gasteiger partial charge in [0.15, 0.2) is 0 Å². The first-order valence-electron chi connectivity index (χ1n) is 7.43. The molecule has 1 fully saturated rings. The summed E-state index contributed by atoms with van der Waals surface area (Å²) < 4.78 is 0. The minimum atomic E-state index is -0.337. The van der Waals surface area contributed by atoms with Crippen LogP contribution in [-0.4, -0.2) is 34.8 Å². The van der Waals surface area contributed by atoms with Crippen molar-refractivity contribution in [2.75, 3.05) is 18.4 Å². The fourth-order valence-electron chi connectivity index (χ4n) is 2.54. The molecule has 2 amide bonds. The standard InChI is InChI=1S/C16H16ClN3O2S/c17-12-5-4-11(16(22)20-6-2-1-3-7-20)8-13(12)19-15(21)14-9-23-10-18-14/h4-5,8-10H,1-3,6-7H2,(H,19,21). The molecule has 23 heavy (non-hydrogen) atoms. The molecule has 0 atom stereocenters. The highest BCUT2D eigenvalue weighted by atomic mass is 35.5. The Kier molecular flexibility index (Phi) is 4.93. The van der Waals surface area contributed by atoms with E-state index in [0.717, 1.165) is 25.9 Å². The van der Waals surface area contributed by atoms with Crippen molar-refractivity contribution in [1.82, 2.24) is 9.88 Å². The maximum absolute atomic E-state index is 12.5. The molecule has 120 valence electrons. The highest BCUT2D eigenvalue weighted by Crippen LogP contribution is 2.25. The van der Waals surface area contributed by atoms with Gasteiger partial charge in [0.2, 0.25) is 0 Å². The monoisotopic (exact) mass is 349 g/mol. The molecule has 1 saturated heterocycles. The van der Waals surface area contributed by atoms with E-state index in [0.29, 0.717) is 22.0 Å². The van der Waals surface area contributed by atoms with Crippen molar-refractivity contribution in [3.8, 4) is 0 Å². The normalized spacial score (nSPS) is 14.6. The van der Waals surface area contributed by atoms with E-state index in [1.807, 2.05) is 4.90 Å². The van der Waals surface area contributed by atoms with Crippen LogP contribution in [0.25, 0.3) is 0 Å². The highest BCUT2D eigenvalue weighted by molar-refractivity contribution is 7.07. The Morgan fingerprint density at radius 3 is 2.70 bits per heavy atom. The van der Waals surface area contributed by atoms with Gasteiger partial charge in [-0.3, -0.25) is 9.59 Å². The number of carbonyl (C=O) groups is 2. The number of nitrogens with zero attached hydrogens (tertiary/aromatic N) is 2. The van der Waals surface area contributed by atoms with Crippen molar-refractivity contribution < 1.29 is 9.59 Å². The summed E-state index contributed by atoms with van der Waals surface area (Å²) in [4.78, 5) is 30.4. The first-order valence-corrected chi connectivity index (χ1v) is 8.75. The number of nitrogens with one attached hydrogen (secondary N) is 1. The fourth-order valence-corrected chi connectivity index (χ4v) is 3.24. The van der Waals surface area contributed by atoms with Gasteiger partial charge >= 0.3 is 0 Å². The molecule has 0 bridgehead atoms. The van der Waals surface area contributed by atoms with E-state index < -0.39 is 0 Å². The lowest BCUT2D eigenvalue weighted by molar-refractivity contribution is 0.0724. The molecule has 1 N–H and O–H groups in total. The van der Waals surface area contributed by atoms with Crippen molar-refractivity contribution in [3.05, 3.63) is 45.4 Å². The van der Waals surface area contributed by atoms with Gasteiger partial charge in [0, 0.05) is 24.0 Å². The molecular formula is C16H16ClN3O2S. The zero-order valence-corrected chi connectivity index (χ0v) is 14.0. The number of carbonyl (C=O) groups excluding carboxylic acids is 2. The van der Waals surface area contributed by atoms with Crippen molar-refractivity contribution >= 4 is 40.4 Å². The SMILES string of the molecule is O=C(Nc1cc(C(=O)N2CCCCC2)ccc1Cl)c1cscn1. The minimum Gasteiger partial charge on any atom is -0.339 e. The molecule has 3 rings (SSSR count). The van der Waals surface area contributed by atoms with Gasteiger partial charge in [0.1, 0.15) is 5.69 Å². The molecule has 0 spiro atoms. The summed E-state index contributed by atoms with van der Waals surface area (Å²) in [5, 5.41) is 4.76. The second-order valence-electron chi connectivity index (χ2n) is 5.38. The van der Waals surface area contributed by atoms with Gasteiger partial charge in [-0.05, 0) is 37.5 Å². The van der Waals surface area contributed by atoms with Crippen LogP contribution in [0.4, 0.5) is 5.69 Å². The first kappa shape index (κ1) is 16.0. The minimum absolute atomic E-state index is 0.0227. The Morgan fingerprint density at radius 2 is 2.00 bits per heavy atom. The summed E-state index contributed by atoms with van der Waals surface area (Å²) in [5.74, 6) is -0.360. The Hall–Kier alpha value is -1.92. The number of likely N-dealkylation sites (tertiary alicyclic amines) is 1. The fraction of sp³-hybridized carbons (Fsp3) is 0.312. The third kappa shape index (κ3) is 3.71. The number of piperidine rings is 1. The van der Waals surface area contributed by atoms with Gasteiger partial charge in [0.05, 0.1) is 16.2 Å². The number of amides is 2. The van der Waals surface area contributed by atoms with Gasteiger partial charge < -0.3 is 10.2 Å². The predicted octanol–water partition coefficient (Wildman–Crippen LogP) is 3.67. The number of anilines is 1. The lowest BCUT2D eigenvalue weighted by atomic mass is 10.1. The lowest BCUT2D eigenvalue weighted by Gasteiger charge is -2.27. The van der Waals surface area contributed by atoms with Crippen molar-refractivity contribution in [2.45, 2.75) is 19.3 Å². The van der Waals surface area contributed by atoms with Crippen LogP contribution in [0.2, 0.25) is 5.02 Å². The first-order chi connectivity index (χ1) is 11.1. The zero-order valence-electron chi connectivity index (χ0n) is 12.4. The van der Waals surface area contributed by atoms with E-state index in [-0.39, 0.29) is 11.8 Å². The molecule has 5 nitrogen and oxygen atoms in total. The summed E-state index contributed by atoms with van der Waals surface area (Å²) in [5.41, 5.74) is 2.88. The van der Waals surface area contributed by atoms with E-state index >= 15 is 0 Å². The van der Waals surface area contributed by atoms with E-state index in [2.05, 4.69) is 10.3 Å². The number of hydrogen-bond acceptors (Lipinski definition) is 4. The third-order valence-electron chi connectivity index (χ3n) is 3.77. The number of rotatable bonds is 3. The predicted molar refractivity (Wildman–Crippen MR) is 91.3 cm³/mol. The Balaban J connectivity index is 1.78. The Morgan fingerprint density at radius 1 is 1.22 bits per heavy atom. The molecule has 2 aromatic rings. The van der Waals surface area contributed by atoms with Crippen LogP contribution in [0.15, 0.2) is 29.1 Å². The quantitative estimate of drug-likeness (QED) is 0.919. The van der Waals surface area contributed by atoms with Crippen LogP contribution < -0.4 is 5.32 Å². The van der Waals surface area contributed by atoms with Gasteiger partial charge in [0.25, 0.3) is 11.8 Å². The van der Waals surface area contributed by atoms with Crippen LogP contribution in [0.5, 0.6) is 0 Å². The molecular weight excluding hydrogens is 334 g/mol. The molecule has 0 aliphatic carbocycles. The maximum atomic E-state index is 12.5. The molecule has 0 saturated carbocycles. The zero-order chi connectivity index (χ0) is 16.2. The molecule has 7 heteroatoms. The number of halogens is 1. The Labute approximate surface area is 143 Å². The van der Waals surface area contributed by atoms with E-state index in [1.54, 1.807) is 29.1 Å². The summed E-state index contributed by atoms with van der Waals surface area (Å²) in [6.07, 6.45) is 3.23. The van der Waals surface area contributed by atoms with Crippen molar-refractivity contribution in [2.24, 2.45) is 0 Å². The topological polar surface area (TPSA) is 62.3 Å². The van der Waals surface area contributed by atoms with Gasteiger partial charge in [-0.1, -0.05) is 11.6 Å². The van der Waals surface area contributed by atoms with Crippen LogP contribution in [0.1, 0.15) is 40.1 Å². The maximum Gasteiger partial charge on any atom is 0.275 e. The van der Waals surface area contributed by atoms with Gasteiger partial charge in [-0.2, -0.15) is 0 Å². The number of benzene rings is 1. The highest BCUT2D eigenvalue weighted by Gasteiger charge is 2.19. The molecule has 1 aliphatic rings. The van der Waals surface area contributed by atoms with Gasteiger partial charge in [-0.15, -0.1) is 11.3 Å². The van der Waals surface area contributed by atoms with Crippen LogP contribution in [0.3, 0.4) is 0 Å². The number of thiazole rings is 1. The van der Waals surface area contributed by atoms with E-state index in [9.17, 15) is 9.59 Å². The summed E-state index contributed by atoms with van der Waals surface area (Å²) in [7, 11) is 0. The average molecular weight is 350 g/mol. The molecule has 1 aromatic heterocycles. The average Bonchev–Trinajstić information content (AvgIpc) is 3.11. The Bertz CT molecular complexity index is 712. The molecule has 0 unspecified atom stereocenters. The number of aromatic nitrogens is 1. The lowest BCUT2D eigenvalue weighted by Crippen LogP contribution is -2.35. The van der Waals surface area contributed by atoms with E-state index in [4.69, 9.17) is 11.6 Å². The second kappa shape index (κ2) is 7.10. The summed E-state index contributed by atoms with van der Waals surface area (Å²) >= 11 is 7.48. The van der Waals surface area contributed by atoms with Gasteiger partial charge in [-0.25, -0.2) is 4.98 Å². The largest absolute Gasteiger partial charge is 0.339 e. The van der Waals surface area contributed by atoms with E-state index in [1.165, 1.54) is 17.8 Å². The number of hydrogen-bond donors (Lipinski definition) is 1. The van der Waals surface area contributed by atoms with Crippen LogP contribution in [-0.2, 0) is 0 Å². The third-order valence-corrected chi connectivity index (χ3v) is 4.69. The molecule has 0 radical (unpaired) electrons. The second-order valence-corrected chi connectivity index (χ2v) is 6.50.